The molecule has 1 amide bonds. The number of likely N-dealkylation sites (tertiary alicyclic amines) is 2. The molecule has 3 saturated heterocycles. The molecular weight excluding hydrogens is 322 g/mol. The molecule has 0 saturated carbocycles. The second kappa shape index (κ2) is 6.73. The number of carbonyl (C=O) groups excluding carboxylic acids is 1. The first-order valence-corrected chi connectivity index (χ1v) is 10.1. The summed E-state index contributed by atoms with van der Waals surface area (Å²) in [6, 6.07) is 0. The number of hydrogen-bond donors (Lipinski definition) is 0. The van der Waals surface area contributed by atoms with Crippen molar-refractivity contribution in [2.45, 2.75) is 63.7 Å². The Kier molecular flexibility index (Phi) is 4.62. The standard InChI is InChI=1S/C18H27N3O2S/c1-14-13-24-16(19-14)12-20-10-6-18(7-11-20)5-4-15(23-18)17(22)21-8-2-3-9-21/h13,15H,2-12H2,1H3. The highest BCUT2D eigenvalue weighted by Gasteiger charge is 2.45. The summed E-state index contributed by atoms with van der Waals surface area (Å²) in [5, 5.41) is 3.33. The molecule has 1 unspecified atom stereocenters. The maximum Gasteiger partial charge on any atom is 0.251 e. The fraction of sp³-hybridized carbons (Fsp3) is 0.778. The lowest BCUT2D eigenvalue weighted by Crippen LogP contribution is -2.45. The smallest absolute Gasteiger partial charge is 0.251 e. The van der Waals surface area contributed by atoms with Gasteiger partial charge in [0, 0.05) is 37.3 Å². The van der Waals surface area contributed by atoms with E-state index in [0.29, 0.717) is 0 Å². The molecule has 4 rings (SSSR count). The molecule has 5 nitrogen and oxygen atoms in total. The zero-order valence-electron chi connectivity index (χ0n) is 14.5. The monoisotopic (exact) mass is 349 g/mol. The fourth-order valence-electron chi connectivity index (χ4n) is 4.28. The predicted octanol–water partition coefficient (Wildman–Crippen LogP) is 2.59. The molecule has 6 heteroatoms. The van der Waals surface area contributed by atoms with Gasteiger partial charge in [0.05, 0.1) is 12.1 Å². The molecule has 24 heavy (non-hydrogen) atoms. The van der Waals surface area contributed by atoms with Crippen LogP contribution in [-0.4, -0.2) is 58.6 Å². The number of amides is 1. The molecule has 1 spiro atoms. The molecule has 1 atom stereocenters. The Morgan fingerprint density at radius 3 is 2.71 bits per heavy atom. The van der Waals surface area contributed by atoms with Crippen LogP contribution in [0.2, 0.25) is 0 Å². The summed E-state index contributed by atoms with van der Waals surface area (Å²) in [6.07, 6.45) is 6.14. The van der Waals surface area contributed by atoms with E-state index >= 15 is 0 Å². The first kappa shape index (κ1) is 16.5. The summed E-state index contributed by atoms with van der Waals surface area (Å²) >= 11 is 1.75. The maximum atomic E-state index is 12.6. The lowest BCUT2D eigenvalue weighted by atomic mass is 9.88. The van der Waals surface area contributed by atoms with E-state index in [-0.39, 0.29) is 17.6 Å². The van der Waals surface area contributed by atoms with E-state index in [2.05, 4.69) is 22.2 Å². The molecule has 0 N–H and O–H groups in total. The number of hydrogen-bond acceptors (Lipinski definition) is 5. The van der Waals surface area contributed by atoms with E-state index in [1.54, 1.807) is 11.3 Å². The molecular formula is C18H27N3O2S. The highest BCUT2D eigenvalue weighted by Crippen LogP contribution is 2.40. The Hall–Kier alpha value is -0.980. The van der Waals surface area contributed by atoms with Crippen LogP contribution in [0.25, 0.3) is 0 Å². The van der Waals surface area contributed by atoms with Crippen LogP contribution in [0.5, 0.6) is 0 Å². The number of carbonyl (C=O) groups is 1. The molecule has 0 aromatic carbocycles. The van der Waals surface area contributed by atoms with Gasteiger partial charge < -0.3 is 9.64 Å². The second-order valence-electron chi connectivity index (χ2n) is 7.52. The largest absolute Gasteiger partial charge is 0.362 e. The Morgan fingerprint density at radius 2 is 2.04 bits per heavy atom. The molecule has 1 aromatic heterocycles. The second-order valence-corrected chi connectivity index (χ2v) is 8.46. The summed E-state index contributed by atoms with van der Waals surface area (Å²) in [7, 11) is 0. The van der Waals surface area contributed by atoms with Crippen molar-refractivity contribution in [3.05, 3.63) is 16.1 Å². The van der Waals surface area contributed by atoms with Crippen molar-refractivity contribution < 1.29 is 9.53 Å². The van der Waals surface area contributed by atoms with Crippen LogP contribution in [0.4, 0.5) is 0 Å². The van der Waals surface area contributed by atoms with Crippen molar-refractivity contribution in [2.24, 2.45) is 0 Å². The zero-order valence-corrected chi connectivity index (χ0v) is 15.3. The van der Waals surface area contributed by atoms with Crippen LogP contribution in [-0.2, 0) is 16.1 Å². The van der Waals surface area contributed by atoms with Gasteiger partial charge in [-0.1, -0.05) is 0 Å². The van der Waals surface area contributed by atoms with E-state index in [9.17, 15) is 4.79 Å². The summed E-state index contributed by atoms with van der Waals surface area (Å²) < 4.78 is 6.34. The summed E-state index contributed by atoms with van der Waals surface area (Å²) in [6.45, 7) is 6.94. The van der Waals surface area contributed by atoms with Crippen LogP contribution >= 0.6 is 11.3 Å². The minimum absolute atomic E-state index is 0.0463. The summed E-state index contributed by atoms with van der Waals surface area (Å²) in [5.74, 6) is 0.241. The van der Waals surface area contributed by atoms with Gasteiger partial charge in [0.1, 0.15) is 11.1 Å². The van der Waals surface area contributed by atoms with Crippen LogP contribution < -0.4 is 0 Å². The van der Waals surface area contributed by atoms with Crippen LogP contribution in [0, 0.1) is 6.92 Å². The lowest BCUT2D eigenvalue weighted by molar-refractivity contribution is -0.150. The Balaban J connectivity index is 1.29. The summed E-state index contributed by atoms with van der Waals surface area (Å²) in [5.41, 5.74) is 1.07. The van der Waals surface area contributed by atoms with Crippen molar-refractivity contribution in [1.29, 1.82) is 0 Å². The van der Waals surface area contributed by atoms with Crippen LogP contribution in [0.3, 0.4) is 0 Å². The highest BCUT2D eigenvalue weighted by molar-refractivity contribution is 7.09. The van der Waals surface area contributed by atoms with E-state index in [0.717, 1.165) is 76.9 Å². The van der Waals surface area contributed by atoms with Gasteiger partial charge in [0.2, 0.25) is 0 Å². The number of ether oxygens (including phenoxy) is 1. The van der Waals surface area contributed by atoms with Gasteiger partial charge in [0.25, 0.3) is 5.91 Å². The molecule has 1 aromatic rings. The molecule has 0 radical (unpaired) electrons. The topological polar surface area (TPSA) is 45.7 Å². The van der Waals surface area contributed by atoms with Gasteiger partial charge in [-0.3, -0.25) is 9.69 Å². The van der Waals surface area contributed by atoms with E-state index in [1.165, 1.54) is 5.01 Å². The number of rotatable bonds is 3. The zero-order chi connectivity index (χ0) is 16.6. The lowest BCUT2D eigenvalue weighted by Gasteiger charge is -2.39. The fourth-order valence-corrected chi connectivity index (χ4v) is 5.10. The minimum atomic E-state index is -0.184. The van der Waals surface area contributed by atoms with Gasteiger partial charge >= 0.3 is 0 Å². The van der Waals surface area contributed by atoms with Gasteiger partial charge in [-0.2, -0.15) is 0 Å². The number of aromatic nitrogens is 1. The molecule has 0 aliphatic carbocycles. The SMILES string of the molecule is Cc1csc(CN2CCC3(CCC(C(=O)N4CCCC4)O3)CC2)n1. The first-order valence-electron chi connectivity index (χ1n) is 9.24. The van der Waals surface area contributed by atoms with E-state index < -0.39 is 0 Å². The molecule has 3 aliphatic rings. The molecule has 132 valence electrons. The Labute approximate surface area is 148 Å². The Morgan fingerprint density at radius 1 is 1.29 bits per heavy atom. The average Bonchev–Trinajstić information content (AvgIpc) is 3.31. The molecule has 3 fully saturated rings. The third-order valence-corrected chi connectivity index (χ3v) is 6.69. The van der Waals surface area contributed by atoms with Crippen molar-refractivity contribution in [1.82, 2.24) is 14.8 Å². The number of thiazole rings is 1. The normalized spacial score (nSPS) is 27.2. The molecule has 4 heterocycles. The van der Waals surface area contributed by atoms with Crippen molar-refractivity contribution in [3.8, 4) is 0 Å². The first-order chi connectivity index (χ1) is 11.6. The molecule has 0 bridgehead atoms. The third kappa shape index (κ3) is 3.37. The van der Waals surface area contributed by atoms with Gasteiger partial charge in [-0.15, -0.1) is 11.3 Å². The van der Waals surface area contributed by atoms with Gasteiger partial charge in [-0.05, 0) is 45.4 Å². The predicted molar refractivity (Wildman–Crippen MR) is 94.0 cm³/mol. The minimum Gasteiger partial charge on any atom is -0.362 e. The highest BCUT2D eigenvalue weighted by atomic mass is 32.1. The Bertz CT molecular complexity index is 589. The van der Waals surface area contributed by atoms with E-state index in [4.69, 9.17) is 4.74 Å². The average molecular weight is 350 g/mol. The third-order valence-electron chi connectivity index (χ3n) is 5.74. The van der Waals surface area contributed by atoms with Crippen molar-refractivity contribution >= 4 is 17.2 Å². The van der Waals surface area contributed by atoms with Crippen LogP contribution in [0.15, 0.2) is 5.38 Å². The quantitative estimate of drug-likeness (QED) is 0.841. The number of piperidine rings is 1. The molecule has 3 aliphatic heterocycles. The van der Waals surface area contributed by atoms with Crippen molar-refractivity contribution in [2.75, 3.05) is 26.2 Å². The van der Waals surface area contributed by atoms with E-state index in [1.807, 2.05) is 4.90 Å². The van der Waals surface area contributed by atoms with Gasteiger partial charge in [0.15, 0.2) is 0 Å². The van der Waals surface area contributed by atoms with Crippen LogP contribution in [0.1, 0.15) is 49.2 Å². The summed E-state index contributed by atoms with van der Waals surface area (Å²) in [4.78, 5) is 21.6. The van der Waals surface area contributed by atoms with Gasteiger partial charge in [-0.25, -0.2) is 4.98 Å². The maximum absolute atomic E-state index is 12.6. The number of aryl methyl sites for hydroxylation is 1. The number of nitrogens with zero attached hydrogens (tertiary/aromatic N) is 3. The van der Waals surface area contributed by atoms with Crippen molar-refractivity contribution in [3.63, 3.8) is 0 Å².